The van der Waals surface area contributed by atoms with Gasteiger partial charge in [-0.25, -0.2) is 0 Å². The van der Waals surface area contributed by atoms with Gasteiger partial charge in [0.25, 0.3) is 0 Å². The fourth-order valence-corrected chi connectivity index (χ4v) is 3.22. The molecule has 1 atom stereocenters. The summed E-state index contributed by atoms with van der Waals surface area (Å²) in [6, 6.07) is 12.0. The number of halogens is 3. The molecule has 0 radical (unpaired) electrons. The Morgan fingerprint density at radius 2 is 1.84 bits per heavy atom. The molecule has 0 aliphatic carbocycles. The van der Waals surface area contributed by atoms with Crippen LogP contribution in [-0.2, 0) is 18.0 Å². The molecule has 0 saturated heterocycles. The average Bonchev–Trinajstić information content (AvgIpc) is 2.88. The molecule has 2 aromatic carbocycles. The lowest BCUT2D eigenvalue weighted by atomic mass is 10.00. The molecule has 0 saturated carbocycles. The minimum Gasteiger partial charge on any atom is -0.372 e. The van der Waals surface area contributed by atoms with E-state index in [2.05, 4.69) is 28.1 Å². The first-order chi connectivity index (χ1) is 9.15. The minimum atomic E-state index is -0.254. The Labute approximate surface area is 130 Å². The summed E-state index contributed by atoms with van der Waals surface area (Å²) in [6.07, 6.45) is 0. The Kier molecular flexibility index (Phi) is 3.86. The second-order valence-corrected chi connectivity index (χ2v) is 6.31. The van der Waals surface area contributed by atoms with E-state index in [9.17, 15) is 0 Å². The van der Waals surface area contributed by atoms with Gasteiger partial charge in [0.1, 0.15) is 0 Å². The molecule has 0 fully saturated rings. The van der Waals surface area contributed by atoms with Crippen LogP contribution < -0.4 is 0 Å². The zero-order chi connectivity index (χ0) is 13.4. The number of rotatable bonds is 2. The van der Waals surface area contributed by atoms with Gasteiger partial charge in [0.05, 0.1) is 18.6 Å². The van der Waals surface area contributed by atoms with Crippen molar-refractivity contribution in [3.8, 4) is 0 Å². The summed E-state index contributed by atoms with van der Waals surface area (Å²) in [7, 11) is 0. The maximum atomic E-state index is 6.56. The van der Waals surface area contributed by atoms with Gasteiger partial charge in [-0.1, -0.05) is 45.7 Å². The highest BCUT2D eigenvalue weighted by Crippen LogP contribution is 2.36. The molecule has 0 bridgehead atoms. The van der Waals surface area contributed by atoms with Gasteiger partial charge < -0.3 is 4.74 Å². The van der Waals surface area contributed by atoms with Crippen molar-refractivity contribution < 1.29 is 4.74 Å². The SMILES string of the molecule is Clc1ccc(Br)cc1C(Cl)c1ccc2c(c1)COC2. The number of ether oxygens (including phenoxy) is 1. The lowest BCUT2D eigenvalue weighted by Gasteiger charge is -2.13. The van der Waals surface area contributed by atoms with Crippen molar-refractivity contribution in [1.82, 2.24) is 0 Å². The standard InChI is InChI=1S/C15H11BrCl2O/c16-12-3-4-14(17)13(6-12)15(18)9-1-2-10-7-19-8-11(10)5-9/h1-6,15H,7-8H2. The van der Waals surface area contributed by atoms with Crippen LogP contribution in [0.25, 0.3) is 0 Å². The Hall–Kier alpha value is -0.540. The van der Waals surface area contributed by atoms with Crippen molar-refractivity contribution in [1.29, 1.82) is 0 Å². The first-order valence-electron chi connectivity index (χ1n) is 5.93. The molecule has 0 aromatic heterocycles. The van der Waals surface area contributed by atoms with Gasteiger partial charge in [0.2, 0.25) is 0 Å². The molecule has 1 aliphatic rings. The summed E-state index contributed by atoms with van der Waals surface area (Å²) >= 11 is 16.2. The fourth-order valence-electron chi connectivity index (χ4n) is 2.24. The molecule has 2 aromatic rings. The highest BCUT2D eigenvalue weighted by Gasteiger charge is 2.18. The van der Waals surface area contributed by atoms with Crippen LogP contribution in [0, 0.1) is 0 Å². The maximum Gasteiger partial charge on any atom is 0.0850 e. The summed E-state index contributed by atoms with van der Waals surface area (Å²) < 4.78 is 6.40. The van der Waals surface area contributed by atoms with Gasteiger partial charge in [-0.2, -0.15) is 0 Å². The monoisotopic (exact) mass is 356 g/mol. The van der Waals surface area contributed by atoms with Gasteiger partial charge in [0, 0.05) is 9.50 Å². The highest BCUT2D eigenvalue weighted by atomic mass is 79.9. The third kappa shape index (κ3) is 2.68. The normalized spacial score (nSPS) is 15.3. The molecule has 1 heterocycles. The lowest BCUT2D eigenvalue weighted by molar-refractivity contribution is 0.134. The molecule has 4 heteroatoms. The van der Waals surface area contributed by atoms with E-state index < -0.39 is 0 Å². The predicted octanol–water partition coefficient (Wildman–Crippen LogP) is 5.46. The van der Waals surface area contributed by atoms with Gasteiger partial charge in [-0.05, 0) is 40.5 Å². The first-order valence-corrected chi connectivity index (χ1v) is 7.54. The molecule has 1 nitrogen and oxygen atoms in total. The third-order valence-corrected chi connectivity index (χ3v) is 4.59. The van der Waals surface area contributed by atoms with Crippen molar-refractivity contribution in [2.45, 2.75) is 18.6 Å². The van der Waals surface area contributed by atoms with Crippen molar-refractivity contribution in [2.24, 2.45) is 0 Å². The van der Waals surface area contributed by atoms with Crippen molar-refractivity contribution >= 4 is 39.1 Å². The second kappa shape index (κ2) is 5.45. The number of benzene rings is 2. The van der Waals surface area contributed by atoms with E-state index in [-0.39, 0.29) is 5.38 Å². The van der Waals surface area contributed by atoms with E-state index >= 15 is 0 Å². The lowest BCUT2D eigenvalue weighted by Crippen LogP contribution is -1.96. The van der Waals surface area contributed by atoms with Gasteiger partial charge in [-0.3, -0.25) is 0 Å². The summed E-state index contributed by atoms with van der Waals surface area (Å²) in [4.78, 5) is 0. The number of alkyl halides is 1. The highest BCUT2D eigenvalue weighted by molar-refractivity contribution is 9.10. The number of hydrogen-bond donors (Lipinski definition) is 0. The van der Waals surface area contributed by atoms with Gasteiger partial charge >= 0.3 is 0 Å². The van der Waals surface area contributed by atoms with Crippen LogP contribution in [0.1, 0.15) is 27.6 Å². The van der Waals surface area contributed by atoms with E-state index in [1.54, 1.807) is 0 Å². The maximum absolute atomic E-state index is 6.56. The van der Waals surface area contributed by atoms with Crippen LogP contribution in [0.3, 0.4) is 0 Å². The minimum absolute atomic E-state index is 0.254. The molecular weight excluding hydrogens is 347 g/mol. The van der Waals surface area contributed by atoms with Gasteiger partial charge in [0.15, 0.2) is 0 Å². The van der Waals surface area contributed by atoms with Crippen LogP contribution in [0.15, 0.2) is 40.9 Å². The predicted molar refractivity (Wildman–Crippen MR) is 81.8 cm³/mol. The van der Waals surface area contributed by atoms with Crippen LogP contribution in [-0.4, -0.2) is 0 Å². The van der Waals surface area contributed by atoms with Crippen molar-refractivity contribution in [2.75, 3.05) is 0 Å². The van der Waals surface area contributed by atoms with Crippen molar-refractivity contribution in [3.63, 3.8) is 0 Å². The van der Waals surface area contributed by atoms with E-state index in [1.165, 1.54) is 11.1 Å². The van der Waals surface area contributed by atoms with E-state index in [1.807, 2.05) is 24.3 Å². The Morgan fingerprint density at radius 1 is 1.05 bits per heavy atom. The van der Waals surface area contributed by atoms with Crippen LogP contribution in [0.2, 0.25) is 5.02 Å². The Balaban J connectivity index is 1.99. The van der Waals surface area contributed by atoms with Crippen LogP contribution in [0.4, 0.5) is 0 Å². The second-order valence-electron chi connectivity index (χ2n) is 4.55. The number of fused-ring (bicyclic) bond motifs is 1. The first kappa shape index (κ1) is 13.4. The summed E-state index contributed by atoms with van der Waals surface area (Å²) in [5.74, 6) is 0. The van der Waals surface area contributed by atoms with E-state index in [4.69, 9.17) is 27.9 Å². The molecular formula is C15H11BrCl2O. The topological polar surface area (TPSA) is 9.23 Å². The average molecular weight is 358 g/mol. The molecule has 1 aliphatic heterocycles. The van der Waals surface area contributed by atoms with Crippen molar-refractivity contribution in [3.05, 3.63) is 68.1 Å². The van der Waals surface area contributed by atoms with E-state index in [0.29, 0.717) is 18.2 Å². The zero-order valence-electron chi connectivity index (χ0n) is 10.00. The third-order valence-electron chi connectivity index (χ3n) is 3.27. The smallest absolute Gasteiger partial charge is 0.0850 e. The Morgan fingerprint density at radius 3 is 2.68 bits per heavy atom. The van der Waals surface area contributed by atoms with Gasteiger partial charge in [-0.15, -0.1) is 11.6 Å². The molecule has 0 spiro atoms. The van der Waals surface area contributed by atoms with E-state index in [0.717, 1.165) is 15.6 Å². The summed E-state index contributed by atoms with van der Waals surface area (Å²) in [5.41, 5.74) is 4.42. The quantitative estimate of drug-likeness (QED) is 0.648. The largest absolute Gasteiger partial charge is 0.372 e. The summed E-state index contributed by atoms with van der Waals surface area (Å²) in [5, 5.41) is 0.427. The molecule has 0 N–H and O–H groups in total. The molecule has 1 unspecified atom stereocenters. The molecule has 3 rings (SSSR count). The fraction of sp³-hybridized carbons (Fsp3) is 0.200. The summed E-state index contributed by atoms with van der Waals surface area (Å²) in [6.45, 7) is 1.36. The number of hydrogen-bond acceptors (Lipinski definition) is 1. The molecule has 98 valence electrons. The van der Waals surface area contributed by atoms with Crippen LogP contribution >= 0.6 is 39.1 Å². The Bertz CT molecular complexity index is 628. The van der Waals surface area contributed by atoms with Crippen LogP contribution in [0.5, 0.6) is 0 Å². The zero-order valence-corrected chi connectivity index (χ0v) is 13.1. The molecule has 19 heavy (non-hydrogen) atoms. The molecule has 0 amide bonds.